The van der Waals surface area contributed by atoms with Gasteiger partial charge >= 0.3 is 6.09 Å². The normalized spacial score (nSPS) is 16.7. The fourth-order valence-electron chi connectivity index (χ4n) is 2.79. The van der Waals surface area contributed by atoms with E-state index in [0.29, 0.717) is 18.0 Å². The van der Waals surface area contributed by atoms with Gasteiger partial charge in [-0.15, -0.1) is 0 Å². The third-order valence-electron chi connectivity index (χ3n) is 4.34. The van der Waals surface area contributed by atoms with Gasteiger partial charge in [-0.25, -0.2) is 9.18 Å². The van der Waals surface area contributed by atoms with Crippen LogP contribution in [0.3, 0.4) is 0 Å². The number of nitrogens with one attached hydrogen (secondary N) is 1. The Morgan fingerprint density at radius 1 is 1.19 bits per heavy atom. The highest BCUT2D eigenvalue weighted by Gasteiger charge is 2.32. The molecule has 0 saturated carbocycles. The van der Waals surface area contributed by atoms with Crippen LogP contribution in [0.15, 0.2) is 48.5 Å². The number of carbonyl (C=O) groups excluding carboxylic acids is 2. The number of nitrogens with zero attached hydrogens (tertiary/aromatic N) is 1. The minimum Gasteiger partial charge on any atom is -0.442 e. The molecule has 5 nitrogen and oxygen atoms in total. The van der Waals surface area contributed by atoms with E-state index >= 15 is 0 Å². The predicted molar refractivity (Wildman–Crippen MR) is 96.9 cm³/mol. The molecule has 1 aliphatic heterocycles. The van der Waals surface area contributed by atoms with Crippen LogP contribution in [0.4, 0.5) is 14.9 Å². The molecule has 0 aliphatic carbocycles. The van der Waals surface area contributed by atoms with Gasteiger partial charge in [0.1, 0.15) is 11.9 Å². The van der Waals surface area contributed by atoms with Gasteiger partial charge in [0.05, 0.1) is 13.1 Å². The smallest absolute Gasteiger partial charge is 0.414 e. The monoisotopic (exact) mass is 356 g/mol. The summed E-state index contributed by atoms with van der Waals surface area (Å²) in [6.45, 7) is 4.78. The summed E-state index contributed by atoms with van der Waals surface area (Å²) in [6, 6.07) is 13.1. The van der Waals surface area contributed by atoms with E-state index in [2.05, 4.69) is 19.2 Å². The summed E-state index contributed by atoms with van der Waals surface area (Å²) in [5.74, 6) is -0.310. The molecule has 1 unspecified atom stereocenters. The third-order valence-corrected chi connectivity index (χ3v) is 4.34. The van der Waals surface area contributed by atoms with Crippen molar-refractivity contribution in [1.29, 1.82) is 0 Å². The summed E-state index contributed by atoms with van der Waals surface area (Å²) in [7, 11) is 0. The number of carbonyl (C=O) groups is 2. The van der Waals surface area contributed by atoms with Crippen molar-refractivity contribution in [2.24, 2.45) is 0 Å². The number of amides is 2. The van der Waals surface area contributed by atoms with Crippen LogP contribution < -0.4 is 10.2 Å². The minimum absolute atomic E-state index is 0.197. The van der Waals surface area contributed by atoms with Gasteiger partial charge in [-0.2, -0.15) is 0 Å². The van der Waals surface area contributed by atoms with Gasteiger partial charge in [-0.3, -0.25) is 9.69 Å². The van der Waals surface area contributed by atoms with Gasteiger partial charge < -0.3 is 10.1 Å². The van der Waals surface area contributed by atoms with Gasteiger partial charge in [0.15, 0.2) is 0 Å². The quantitative estimate of drug-likeness (QED) is 0.889. The van der Waals surface area contributed by atoms with Crippen molar-refractivity contribution in [3.63, 3.8) is 0 Å². The van der Waals surface area contributed by atoms with Crippen LogP contribution in [0.2, 0.25) is 0 Å². The molecule has 0 radical (unpaired) electrons. The maximum Gasteiger partial charge on any atom is 0.414 e. The van der Waals surface area contributed by atoms with Gasteiger partial charge in [0.25, 0.3) is 5.91 Å². The van der Waals surface area contributed by atoms with Crippen LogP contribution in [0.5, 0.6) is 0 Å². The molecule has 26 heavy (non-hydrogen) atoms. The lowest BCUT2D eigenvalue weighted by Crippen LogP contribution is -2.34. The van der Waals surface area contributed by atoms with Crippen molar-refractivity contribution in [3.8, 4) is 0 Å². The Morgan fingerprint density at radius 3 is 2.46 bits per heavy atom. The number of cyclic esters (lactones) is 1. The highest BCUT2D eigenvalue weighted by molar-refractivity contribution is 5.94. The van der Waals surface area contributed by atoms with Crippen molar-refractivity contribution in [2.75, 3.05) is 18.0 Å². The third kappa shape index (κ3) is 4.02. The summed E-state index contributed by atoms with van der Waals surface area (Å²) in [5.41, 5.74) is 2.33. The molecule has 1 atom stereocenters. The summed E-state index contributed by atoms with van der Waals surface area (Å²) >= 11 is 0. The second kappa shape index (κ2) is 7.56. The van der Waals surface area contributed by atoms with Crippen LogP contribution in [0, 0.1) is 5.82 Å². The Morgan fingerprint density at radius 2 is 1.85 bits per heavy atom. The number of benzene rings is 2. The maximum absolute atomic E-state index is 12.9. The highest BCUT2D eigenvalue weighted by Crippen LogP contribution is 2.24. The first-order valence-corrected chi connectivity index (χ1v) is 8.56. The Hall–Kier alpha value is -2.89. The van der Waals surface area contributed by atoms with Crippen molar-refractivity contribution < 1.29 is 18.7 Å². The lowest BCUT2D eigenvalue weighted by molar-refractivity contribution is 0.0916. The molecule has 0 aromatic heterocycles. The molecule has 1 saturated heterocycles. The zero-order valence-electron chi connectivity index (χ0n) is 14.7. The fraction of sp³-hybridized carbons (Fsp3) is 0.300. The lowest BCUT2D eigenvalue weighted by atomic mass is 10.0. The second-order valence-electron chi connectivity index (χ2n) is 6.58. The number of hydrogen-bond donors (Lipinski definition) is 1. The number of ether oxygens (including phenoxy) is 1. The Balaban J connectivity index is 1.57. The highest BCUT2D eigenvalue weighted by atomic mass is 19.1. The molecule has 2 amide bonds. The van der Waals surface area contributed by atoms with Crippen molar-refractivity contribution in [1.82, 2.24) is 5.32 Å². The van der Waals surface area contributed by atoms with E-state index in [0.717, 1.165) is 5.69 Å². The molecular weight excluding hydrogens is 335 g/mol. The van der Waals surface area contributed by atoms with E-state index < -0.39 is 18.0 Å². The average Bonchev–Trinajstić information content (AvgIpc) is 3.01. The maximum atomic E-state index is 12.9. The summed E-state index contributed by atoms with van der Waals surface area (Å²) in [4.78, 5) is 25.7. The van der Waals surface area contributed by atoms with Crippen LogP contribution in [0.1, 0.15) is 35.7 Å². The summed E-state index contributed by atoms with van der Waals surface area (Å²) < 4.78 is 18.2. The lowest BCUT2D eigenvalue weighted by Gasteiger charge is -2.14. The van der Waals surface area contributed by atoms with Crippen LogP contribution >= 0.6 is 0 Å². The second-order valence-corrected chi connectivity index (χ2v) is 6.58. The molecule has 1 N–H and O–H groups in total. The predicted octanol–water partition coefficient (Wildman–Crippen LogP) is 3.70. The van der Waals surface area contributed by atoms with Crippen LogP contribution in [-0.4, -0.2) is 31.2 Å². The first-order valence-electron chi connectivity index (χ1n) is 8.56. The van der Waals surface area contributed by atoms with E-state index in [9.17, 15) is 14.0 Å². The van der Waals surface area contributed by atoms with E-state index in [4.69, 9.17) is 4.74 Å². The first-order chi connectivity index (χ1) is 12.4. The Bertz CT molecular complexity index is 788. The number of halogens is 1. The molecule has 0 spiro atoms. The Labute approximate surface area is 151 Å². The molecule has 2 aromatic rings. The molecule has 136 valence electrons. The van der Waals surface area contributed by atoms with E-state index in [1.165, 1.54) is 29.8 Å². The molecular formula is C20H21FN2O3. The largest absolute Gasteiger partial charge is 0.442 e. The van der Waals surface area contributed by atoms with Crippen molar-refractivity contribution >= 4 is 17.7 Å². The molecule has 1 aliphatic rings. The standard InChI is InChI=1S/C20H21FN2O3/c1-13(2)14-5-9-17(10-6-14)23-12-18(26-20(23)25)11-22-19(24)15-3-7-16(21)8-4-15/h3-10,13,18H,11-12H2,1-2H3,(H,22,24). The fourth-order valence-corrected chi connectivity index (χ4v) is 2.79. The van der Waals surface area contributed by atoms with E-state index in [1.807, 2.05) is 24.3 Å². The topological polar surface area (TPSA) is 58.6 Å². The molecule has 1 fully saturated rings. The molecule has 3 rings (SSSR count). The zero-order chi connectivity index (χ0) is 18.7. The number of anilines is 1. The van der Waals surface area contributed by atoms with Gasteiger partial charge in [-0.1, -0.05) is 26.0 Å². The molecule has 6 heteroatoms. The van der Waals surface area contributed by atoms with E-state index in [-0.39, 0.29) is 12.5 Å². The van der Waals surface area contributed by atoms with Gasteiger partial charge in [0.2, 0.25) is 0 Å². The molecule has 0 bridgehead atoms. The van der Waals surface area contributed by atoms with Crippen LogP contribution in [-0.2, 0) is 4.74 Å². The molecule has 2 aromatic carbocycles. The number of rotatable bonds is 5. The SMILES string of the molecule is CC(C)c1ccc(N2CC(CNC(=O)c3ccc(F)cc3)OC2=O)cc1. The van der Waals surface area contributed by atoms with Crippen molar-refractivity contribution in [3.05, 3.63) is 65.5 Å². The van der Waals surface area contributed by atoms with Crippen molar-refractivity contribution in [2.45, 2.75) is 25.9 Å². The summed E-state index contributed by atoms with van der Waals surface area (Å²) in [6.07, 6.45) is -0.861. The average molecular weight is 356 g/mol. The zero-order valence-corrected chi connectivity index (χ0v) is 14.7. The Kier molecular flexibility index (Phi) is 5.21. The van der Waals surface area contributed by atoms with Gasteiger partial charge in [-0.05, 0) is 47.9 Å². The minimum atomic E-state index is -0.434. The molecule has 1 heterocycles. The first kappa shape index (κ1) is 17.9. The summed E-state index contributed by atoms with van der Waals surface area (Å²) in [5, 5.41) is 2.71. The van der Waals surface area contributed by atoms with E-state index in [1.54, 1.807) is 4.90 Å². The van der Waals surface area contributed by atoms with Gasteiger partial charge in [0, 0.05) is 11.3 Å². The van der Waals surface area contributed by atoms with Crippen LogP contribution in [0.25, 0.3) is 0 Å². The number of hydrogen-bond acceptors (Lipinski definition) is 3.